The van der Waals surface area contributed by atoms with Crippen molar-refractivity contribution in [2.45, 2.75) is 18.4 Å². The second-order valence-electron chi connectivity index (χ2n) is 6.53. The lowest BCUT2D eigenvalue weighted by Crippen LogP contribution is -2.25. The lowest BCUT2D eigenvalue weighted by Gasteiger charge is -2.14. The van der Waals surface area contributed by atoms with Gasteiger partial charge in [0.1, 0.15) is 0 Å². The number of hydrogen-bond donors (Lipinski definition) is 2. The number of nitrogens with one attached hydrogen (secondary N) is 2. The van der Waals surface area contributed by atoms with E-state index in [1.54, 1.807) is 12.1 Å². The van der Waals surface area contributed by atoms with E-state index in [4.69, 9.17) is 0 Å². The summed E-state index contributed by atoms with van der Waals surface area (Å²) in [6.07, 6.45) is 0. The van der Waals surface area contributed by atoms with Crippen LogP contribution in [0.5, 0.6) is 0 Å². The molecule has 0 bridgehead atoms. The van der Waals surface area contributed by atoms with Gasteiger partial charge in [-0.3, -0.25) is 19.6 Å². The Labute approximate surface area is 173 Å². The molecule has 0 fully saturated rings. The number of hydrogen-bond acceptors (Lipinski definition) is 5. The number of anilines is 1. The van der Waals surface area contributed by atoms with Crippen LogP contribution < -0.4 is 10.0 Å². The minimum Gasteiger partial charge on any atom is -0.348 e. The van der Waals surface area contributed by atoms with Crippen molar-refractivity contribution in [2.75, 3.05) is 4.72 Å². The van der Waals surface area contributed by atoms with Gasteiger partial charge in [0.05, 0.1) is 21.1 Å². The molecule has 154 valence electrons. The maximum atomic E-state index is 12.9. The molecule has 0 unspecified atom stereocenters. The first-order chi connectivity index (χ1) is 14.3. The molecule has 3 aromatic rings. The standard InChI is InChI=1S/C21H19N3O5S/c1-15-11-12-17(24(26)27)13-20(15)30(28,29)23-19-10-6-5-9-18(19)21(25)22-14-16-7-3-2-4-8-16/h2-13,23H,14H2,1H3,(H,22,25). The molecule has 0 aliphatic carbocycles. The summed E-state index contributed by atoms with van der Waals surface area (Å²) < 4.78 is 28.1. The Morgan fingerprint density at radius 2 is 1.67 bits per heavy atom. The summed E-state index contributed by atoms with van der Waals surface area (Å²) in [5.41, 5.74) is 1.12. The van der Waals surface area contributed by atoms with Gasteiger partial charge >= 0.3 is 0 Å². The van der Waals surface area contributed by atoms with Gasteiger partial charge in [-0.05, 0) is 30.2 Å². The maximum Gasteiger partial charge on any atom is 0.270 e. The fourth-order valence-electron chi connectivity index (χ4n) is 2.84. The lowest BCUT2D eigenvalue weighted by atomic mass is 10.1. The first kappa shape index (κ1) is 21.0. The fourth-order valence-corrected chi connectivity index (χ4v) is 4.18. The average Bonchev–Trinajstić information content (AvgIpc) is 2.73. The SMILES string of the molecule is Cc1ccc([N+](=O)[O-])cc1S(=O)(=O)Nc1ccccc1C(=O)NCc1ccccc1. The highest BCUT2D eigenvalue weighted by Crippen LogP contribution is 2.25. The Hall–Kier alpha value is -3.72. The van der Waals surface area contributed by atoms with E-state index in [0.717, 1.165) is 11.6 Å². The number of carbonyl (C=O) groups excluding carboxylic acids is 1. The molecule has 0 aliphatic rings. The van der Waals surface area contributed by atoms with Crippen LogP contribution in [0.1, 0.15) is 21.5 Å². The van der Waals surface area contributed by atoms with Crippen molar-refractivity contribution in [2.24, 2.45) is 0 Å². The smallest absolute Gasteiger partial charge is 0.270 e. The van der Waals surface area contributed by atoms with Crippen molar-refractivity contribution < 1.29 is 18.1 Å². The monoisotopic (exact) mass is 425 g/mol. The zero-order chi connectivity index (χ0) is 21.7. The van der Waals surface area contributed by atoms with Crippen molar-refractivity contribution in [3.63, 3.8) is 0 Å². The number of aryl methyl sites for hydroxylation is 1. The second-order valence-corrected chi connectivity index (χ2v) is 8.18. The quantitative estimate of drug-likeness (QED) is 0.443. The number of nitrogens with zero attached hydrogens (tertiary/aromatic N) is 1. The molecule has 3 rings (SSSR count). The summed E-state index contributed by atoms with van der Waals surface area (Å²) in [5.74, 6) is -0.451. The van der Waals surface area contributed by atoms with Crippen LogP contribution in [-0.4, -0.2) is 19.2 Å². The second kappa shape index (κ2) is 8.75. The topological polar surface area (TPSA) is 118 Å². The molecule has 1 amide bonds. The van der Waals surface area contributed by atoms with Gasteiger partial charge in [0, 0.05) is 18.7 Å². The van der Waals surface area contributed by atoms with Gasteiger partial charge in [0.2, 0.25) is 0 Å². The van der Waals surface area contributed by atoms with E-state index >= 15 is 0 Å². The molecular weight excluding hydrogens is 406 g/mol. The Morgan fingerprint density at radius 1 is 1.00 bits per heavy atom. The first-order valence-corrected chi connectivity index (χ1v) is 10.5. The Morgan fingerprint density at radius 3 is 2.37 bits per heavy atom. The number of rotatable bonds is 7. The van der Waals surface area contributed by atoms with Crippen LogP contribution in [0.3, 0.4) is 0 Å². The number of non-ortho nitro benzene ring substituents is 1. The van der Waals surface area contributed by atoms with Gasteiger partial charge in [-0.1, -0.05) is 48.5 Å². The molecular formula is C21H19N3O5S. The van der Waals surface area contributed by atoms with E-state index in [1.165, 1.54) is 31.2 Å². The summed E-state index contributed by atoms with van der Waals surface area (Å²) in [6.45, 7) is 1.82. The Balaban J connectivity index is 1.86. The summed E-state index contributed by atoms with van der Waals surface area (Å²) in [5, 5.41) is 13.8. The summed E-state index contributed by atoms with van der Waals surface area (Å²) in [7, 11) is -4.16. The molecule has 0 aromatic heterocycles. The minimum absolute atomic E-state index is 0.0777. The normalized spacial score (nSPS) is 11.0. The number of para-hydroxylation sites is 1. The average molecular weight is 425 g/mol. The largest absolute Gasteiger partial charge is 0.348 e. The maximum absolute atomic E-state index is 12.9. The van der Waals surface area contributed by atoms with E-state index < -0.39 is 20.9 Å². The van der Waals surface area contributed by atoms with Crippen LogP contribution >= 0.6 is 0 Å². The van der Waals surface area contributed by atoms with Crippen molar-refractivity contribution in [3.05, 3.63) is 99.6 Å². The van der Waals surface area contributed by atoms with Crippen molar-refractivity contribution in [3.8, 4) is 0 Å². The van der Waals surface area contributed by atoms with Crippen molar-refractivity contribution in [1.29, 1.82) is 0 Å². The minimum atomic E-state index is -4.16. The van der Waals surface area contributed by atoms with Gasteiger partial charge in [-0.25, -0.2) is 8.42 Å². The molecule has 0 radical (unpaired) electrons. The van der Waals surface area contributed by atoms with Gasteiger partial charge in [0.15, 0.2) is 0 Å². The predicted octanol–water partition coefficient (Wildman–Crippen LogP) is 3.63. The highest BCUT2D eigenvalue weighted by molar-refractivity contribution is 7.92. The van der Waals surface area contributed by atoms with E-state index in [9.17, 15) is 23.3 Å². The molecule has 0 aliphatic heterocycles. The highest BCUT2D eigenvalue weighted by Gasteiger charge is 2.23. The van der Waals surface area contributed by atoms with E-state index in [1.807, 2.05) is 30.3 Å². The zero-order valence-electron chi connectivity index (χ0n) is 16.0. The highest BCUT2D eigenvalue weighted by atomic mass is 32.2. The summed E-state index contributed by atoms with van der Waals surface area (Å²) in [6, 6.07) is 19.1. The van der Waals surface area contributed by atoms with Gasteiger partial charge in [-0.2, -0.15) is 0 Å². The van der Waals surface area contributed by atoms with Crippen molar-refractivity contribution >= 4 is 27.3 Å². The third-order valence-corrected chi connectivity index (χ3v) is 5.89. The van der Waals surface area contributed by atoms with Crippen LogP contribution in [0.25, 0.3) is 0 Å². The van der Waals surface area contributed by atoms with E-state index in [0.29, 0.717) is 5.56 Å². The predicted molar refractivity (Wildman–Crippen MR) is 113 cm³/mol. The fraction of sp³-hybridized carbons (Fsp3) is 0.0952. The third kappa shape index (κ3) is 4.81. The lowest BCUT2D eigenvalue weighted by molar-refractivity contribution is -0.385. The number of carbonyl (C=O) groups is 1. The van der Waals surface area contributed by atoms with E-state index in [2.05, 4.69) is 10.0 Å². The van der Waals surface area contributed by atoms with Gasteiger partial charge < -0.3 is 5.32 Å². The molecule has 0 atom stereocenters. The Kier molecular flexibility index (Phi) is 6.12. The van der Waals surface area contributed by atoms with Crippen molar-refractivity contribution in [1.82, 2.24) is 5.32 Å². The zero-order valence-corrected chi connectivity index (χ0v) is 16.8. The van der Waals surface area contributed by atoms with Crippen LogP contribution in [0.15, 0.2) is 77.7 Å². The molecule has 0 saturated heterocycles. The first-order valence-electron chi connectivity index (χ1n) is 8.97. The number of amides is 1. The molecule has 8 nitrogen and oxygen atoms in total. The molecule has 0 saturated carbocycles. The molecule has 0 heterocycles. The van der Waals surface area contributed by atoms with Crippen LogP contribution in [0.4, 0.5) is 11.4 Å². The summed E-state index contributed by atoms with van der Waals surface area (Å²) in [4.78, 5) is 22.8. The van der Waals surface area contributed by atoms with Crippen LogP contribution in [0.2, 0.25) is 0 Å². The number of nitro benzene ring substituents is 1. The van der Waals surface area contributed by atoms with Gasteiger partial charge in [-0.15, -0.1) is 0 Å². The van der Waals surface area contributed by atoms with E-state index in [-0.39, 0.29) is 28.4 Å². The number of nitro groups is 1. The summed E-state index contributed by atoms with van der Waals surface area (Å²) >= 11 is 0. The molecule has 9 heteroatoms. The Bertz CT molecular complexity index is 1190. The number of benzene rings is 3. The van der Waals surface area contributed by atoms with Crippen LogP contribution in [0, 0.1) is 17.0 Å². The van der Waals surface area contributed by atoms with Gasteiger partial charge in [0.25, 0.3) is 21.6 Å². The number of sulfonamides is 1. The molecule has 2 N–H and O–H groups in total. The molecule has 30 heavy (non-hydrogen) atoms. The molecule has 3 aromatic carbocycles. The molecule has 0 spiro atoms. The third-order valence-electron chi connectivity index (χ3n) is 4.38. The van der Waals surface area contributed by atoms with Crippen LogP contribution in [-0.2, 0) is 16.6 Å².